The van der Waals surface area contributed by atoms with Gasteiger partial charge in [0.05, 0.1) is 1.37 Å². The van der Waals surface area contributed by atoms with Gasteiger partial charge in [0.15, 0.2) is 0 Å². The Kier molecular flexibility index (Phi) is 4.39. The van der Waals surface area contributed by atoms with E-state index in [9.17, 15) is 0 Å². The molecule has 0 spiro atoms. The fourth-order valence-corrected chi connectivity index (χ4v) is 7.45. The molecule has 0 heteroatoms. The number of rotatable bonds is 3. The van der Waals surface area contributed by atoms with Crippen molar-refractivity contribution in [1.29, 1.82) is 0 Å². The quantitative estimate of drug-likeness (QED) is 0.396. The van der Waals surface area contributed by atoms with Crippen molar-refractivity contribution in [3.05, 3.63) is 83.9 Å². The maximum absolute atomic E-state index is 7.84. The van der Waals surface area contributed by atoms with Crippen LogP contribution in [0, 0.1) is 17.8 Å². The second-order valence-corrected chi connectivity index (χ2v) is 12.1. The smallest absolute Gasteiger partial charge is 0.0622 e. The lowest BCUT2D eigenvalue weighted by atomic mass is 9.48. The Morgan fingerprint density at radius 3 is 1.69 bits per heavy atom. The van der Waals surface area contributed by atoms with Crippen LogP contribution in [0.2, 0.25) is 0 Å². The fourth-order valence-electron chi connectivity index (χ4n) is 7.45. The van der Waals surface area contributed by atoms with Gasteiger partial charge in [-0.15, -0.1) is 0 Å². The largest absolute Gasteiger partial charge is 0.0623 e. The minimum atomic E-state index is 0.0826. The lowest BCUT2D eigenvalue weighted by molar-refractivity contribution is -0.00518. The molecule has 0 heterocycles. The Balaban J connectivity index is 1.37. The number of benzene rings is 3. The Labute approximate surface area is 195 Å². The molecule has 32 heavy (non-hydrogen) atoms. The summed E-state index contributed by atoms with van der Waals surface area (Å²) in [6.07, 6.45) is 8.78. The van der Waals surface area contributed by atoms with E-state index >= 15 is 0 Å². The normalized spacial score (nSPS) is 29.2. The Morgan fingerprint density at radius 2 is 1.19 bits per heavy atom. The average Bonchev–Trinajstić information content (AvgIpc) is 2.78. The molecular formula is C32H36. The zero-order valence-corrected chi connectivity index (χ0v) is 19.8. The van der Waals surface area contributed by atoms with E-state index < -0.39 is 0 Å². The molecule has 3 aromatic carbocycles. The van der Waals surface area contributed by atoms with E-state index in [0.717, 1.165) is 17.8 Å². The van der Waals surface area contributed by atoms with Crippen molar-refractivity contribution in [2.24, 2.45) is 17.8 Å². The topological polar surface area (TPSA) is 0 Å². The molecule has 4 aliphatic rings. The molecule has 0 radical (unpaired) electrons. The van der Waals surface area contributed by atoms with Gasteiger partial charge in [-0.3, -0.25) is 0 Å². The van der Waals surface area contributed by atoms with Crippen LogP contribution in [0.3, 0.4) is 0 Å². The SMILES string of the molecule is [2H]c1ccc(-c2cc(-c3ccc(C45CC6CC(CC(C6)C4)C5)cc3)cc(C(C)(C)C)c2)cc1. The van der Waals surface area contributed by atoms with E-state index in [1.165, 1.54) is 66.3 Å². The molecule has 4 aliphatic carbocycles. The average molecular weight is 422 g/mol. The highest BCUT2D eigenvalue weighted by atomic mass is 14.6. The van der Waals surface area contributed by atoms with Crippen molar-refractivity contribution in [3.63, 3.8) is 0 Å². The van der Waals surface area contributed by atoms with E-state index in [1.807, 2.05) is 12.1 Å². The molecule has 0 saturated heterocycles. The van der Waals surface area contributed by atoms with Crippen LogP contribution in [0.4, 0.5) is 0 Å². The third-order valence-corrected chi connectivity index (χ3v) is 8.72. The molecule has 0 aliphatic heterocycles. The number of hydrogen-bond donors (Lipinski definition) is 0. The van der Waals surface area contributed by atoms with Crippen LogP contribution < -0.4 is 0 Å². The van der Waals surface area contributed by atoms with Crippen LogP contribution in [0.1, 0.15) is 71.8 Å². The highest BCUT2D eigenvalue weighted by molar-refractivity contribution is 5.75. The fraction of sp³-hybridized carbons (Fsp3) is 0.438. The van der Waals surface area contributed by atoms with Gasteiger partial charge < -0.3 is 0 Å². The van der Waals surface area contributed by atoms with E-state index in [2.05, 4.69) is 75.4 Å². The molecule has 4 fully saturated rings. The lowest BCUT2D eigenvalue weighted by Gasteiger charge is -2.57. The van der Waals surface area contributed by atoms with Gasteiger partial charge in [0.2, 0.25) is 0 Å². The summed E-state index contributed by atoms with van der Waals surface area (Å²) < 4.78 is 7.84. The molecule has 3 aromatic rings. The van der Waals surface area contributed by atoms with Crippen LogP contribution in [-0.2, 0) is 10.8 Å². The minimum Gasteiger partial charge on any atom is -0.0622 e. The summed E-state index contributed by atoms with van der Waals surface area (Å²) in [6.45, 7) is 6.87. The number of hydrogen-bond acceptors (Lipinski definition) is 0. The summed E-state index contributed by atoms with van der Waals surface area (Å²) in [6, 6.07) is 25.2. The van der Waals surface area contributed by atoms with Gasteiger partial charge in [0, 0.05) is 0 Å². The van der Waals surface area contributed by atoms with E-state index in [1.54, 1.807) is 5.56 Å². The third-order valence-electron chi connectivity index (χ3n) is 8.72. The van der Waals surface area contributed by atoms with E-state index in [-0.39, 0.29) is 5.41 Å². The minimum absolute atomic E-state index is 0.0826. The molecule has 0 N–H and O–H groups in total. The highest BCUT2D eigenvalue weighted by Crippen LogP contribution is 2.60. The molecule has 4 saturated carbocycles. The molecule has 0 atom stereocenters. The maximum Gasteiger partial charge on any atom is 0.0623 e. The zero-order chi connectivity index (χ0) is 22.8. The second-order valence-electron chi connectivity index (χ2n) is 12.1. The lowest BCUT2D eigenvalue weighted by Crippen LogP contribution is -2.48. The Hall–Kier alpha value is -2.34. The van der Waals surface area contributed by atoms with E-state index in [4.69, 9.17) is 1.37 Å². The Bertz CT molecular complexity index is 1130. The van der Waals surface area contributed by atoms with Crippen LogP contribution >= 0.6 is 0 Å². The predicted octanol–water partition coefficient (Wildman–Crippen LogP) is 8.79. The first-order valence-corrected chi connectivity index (χ1v) is 12.6. The molecule has 0 aromatic heterocycles. The van der Waals surface area contributed by atoms with Crippen LogP contribution in [0.5, 0.6) is 0 Å². The van der Waals surface area contributed by atoms with Gasteiger partial charge in [0.25, 0.3) is 0 Å². The van der Waals surface area contributed by atoms with Crippen molar-refractivity contribution in [2.75, 3.05) is 0 Å². The molecule has 0 unspecified atom stereocenters. The summed E-state index contributed by atoms with van der Waals surface area (Å²) in [5, 5.41) is 0. The summed E-state index contributed by atoms with van der Waals surface area (Å²) >= 11 is 0. The van der Waals surface area contributed by atoms with Crippen LogP contribution in [0.25, 0.3) is 22.3 Å². The van der Waals surface area contributed by atoms with Gasteiger partial charge in [-0.25, -0.2) is 0 Å². The summed E-state index contributed by atoms with van der Waals surface area (Å²) in [5.74, 6) is 2.95. The van der Waals surface area contributed by atoms with Crippen molar-refractivity contribution in [1.82, 2.24) is 0 Å². The van der Waals surface area contributed by atoms with Crippen LogP contribution in [0.15, 0.2) is 72.8 Å². The first-order valence-electron chi connectivity index (χ1n) is 13.1. The van der Waals surface area contributed by atoms with Gasteiger partial charge >= 0.3 is 0 Å². The van der Waals surface area contributed by atoms with Gasteiger partial charge in [0.1, 0.15) is 0 Å². The molecule has 0 nitrogen and oxygen atoms in total. The predicted molar refractivity (Wildman–Crippen MR) is 136 cm³/mol. The monoisotopic (exact) mass is 421 g/mol. The van der Waals surface area contributed by atoms with Crippen molar-refractivity contribution < 1.29 is 1.37 Å². The van der Waals surface area contributed by atoms with Crippen molar-refractivity contribution >= 4 is 0 Å². The Morgan fingerprint density at radius 1 is 0.688 bits per heavy atom. The molecule has 7 rings (SSSR count). The third kappa shape index (κ3) is 3.53. The maximum atomic E-state index is 7.84. The second kappa shape index (κ2) is 7.34. The van der Waals surface area contributed by atoms with Crippen molar-refractivity contribution in [2.45, 2.75) is 70.1 Å². The highest BCUT2D eigenvalue weighted by Gasteiger charge is 2.51. The molecule has 0 amide bonds. The summed E-state index contributed by atoms with van der Waals surface area (Å²) in [5.41, 5.74) is 8.53. The summed E-state index contributed by atoms with van der Waals surface area (Å²) in [7, 11) is 0. The van der Waals surface area contributed by atoms with Gasteiger partial charge in [-0.05, 0) is 107 Å². The molecule has 164 valence electrons. The van der Waals surface area contributed by atoms with E-state index in [0.29, 0.717) is 11.5 Å². The molecular weight excluding hydrogens is 384 g/mol. The zero-order valence-electron chi connectivity index (χ0n) is 20.8. The van der Waals surface area contributed by atoms with Crippen LogP contribution in [-0.4, -0.2) is 0 Å². The van der Waals surface area contributed by atoms with Gasteiger partial charge in [-0.1, -0.05) is 87.5 Å². The molecule has 4 bridgehead atoms. The standard InChI is InChI=1S/C32H36/c1-31(2,3)30-17-27(25-7-5-4-6-8-25)16-28(18-30)26-9-11-29(12-10-26)32-19-22-13-23(20-32)15-24(14-22)21-32/h4-12,16-18,22-24H,13-15,19-21H2,1-3H3/i4D. The van der Waals surface area contributed by atoms with Gasteiger partial charge in [-0.2, -0.15) is 0 Å². The first kappa shape index (κ1) is 19.2. The first-order chi connectivity index (χ1) is 15.8. The van der Waals surface area contributed by atoms with Crippen molar-refractivity contribution in [3.8, 4) is 22.3 Å². The summed E-state index contributed by atoms with van der Waals surface area (Å²) in [4.78, 5) is 0.